The molecule has 1 amide bonds. The van der Waals surface area contributed by atoms with Crippen LogP contribution in [0.4, 0.5) is 11.5 Å². The number of carbonyl (C=O) groups excluding carboxylic acids is 1. The van der Waals surface area contributed by atoms with Gasteiger partial charge in [0.25, 0.3) is 5.91 Å². The van der Waals surface area contributed by atoms with E-state index < -0.39 is 0 Å². The molecule has 1 saturated heterocycles. The summed E-state index contributed by atoms with van der Waals surface area (Å²) in [7, 11) is 3.10. The molecule has 144 valence electrons. The molecule has 1 aliphatic heterocycles. The average molecular weight is 391 g/mol. The van der Waals surface area contributed by atoms with E-state index in [4.69, 9.17) is 21.1 Å². The predicted octanol–water partition coefficient (Wildman–Crippen LogP) is 3.83. The standard InChI is InChI=1S/C19H23ClN4O3/c1-12-21-15(19(25)24-7-5-4-6-8-24)11-18(22-12)23-14-10-16(26-2)13(20)9-17(14)27-3/h9-11H,4-8H2,1-3H3,(H,21,22,23). The van der Waals surface area contributed by atoms with E-state index in [1.807, 2.05) is 4.90 Å². The fourth-order valence-corrected chi connectivity index (χ4v) is 3.33. The summed E-state index contributed by atoms with van der Waals surface area (Å²) < 4.78 is 10.6. The lowest BCUT2D eigenvalue weighted by Crippen LogP contribution is -2.36. The number of rotatable bonds is 5. The van der Waals surface area contributed by atoms with E-state index in [0.29, 0.717) is 39.5 Å². The molecule has 2 aromatic rings. The van der Waals surface area contributed by atoms with Crippen LogP contribution in [0.5, 0.6) is 11.5 Å². The number of amides is 1. The lowest BCUT2D eigenvalue weighted by Gasteiger charge is -2.26. The first-order valence-electron chi connectivity index (χ1n) is 8.85. The summed E-state index contributed by atoms with van der Waals surface area (Å²) in [5, 5.41) is 3.62. The third kappa shape index (κ3) is 4.42. The quantitative estimate of drug-likeness (QED) is 0.836. The number of carbonyl (C=O) groups is 1. The smallest absolute Gasteiger partial charge is 0.272 e. The summed E-state index contributed by atoms with van der Waals surface area (Å²) in [5.74, 6) is 2.01. The molecule has 1 aliphatic rings. The minimum atomic E-state index is -0.0658. The number of likely N-dealkylation sites (tertiary alicyclic amines) is 1. The van der Waals surface area contributed by atoms with Crippen molar-refractivity contribution in [3.63, 3.8) is 0 Å². The molecule has 1 N–H and O–H groups in total. The Kier molecular flexibility index (Phi) is 6.01. The van der Waals surface area contributed by atoms with Gasteiger partial charge in [-0.05, 0) is 26.2 Å². The first kappa shape index (κ1) is 19.2. The fraction of sp³-hybridized carbons (Fsp3) is 0.421. The van der Waals surface area contributed by atoms with Crippen molar-refractivity contribution in [3.8, 4) is 11.5 Å². The molecule has 1 fully saturated rings. The van der Waals surface area contributed by atoms with Crippen molar-refractivity contribution >= 4 is 29.0 Å². The van der Waals surface area contributed by atoms with Crippen molar-refractivity contribution in [3.05, 3.63) is 34.7 Å². The Morgan fingerprint density at radius 3 is 2.44 bits per heavy atom. The number of methoxy groups -OCH3 is 2. The molecular formula is C19H23ClN4O3. The van der Waals surface area contributed by atoms with Gasteiger partial charge < -0.3 is 19.7 Å². The highest BCUT2D eigenvalue weighted by Gasteiger charge is 2.21. The van der Waals surface area contributed by atoms with Gasteiger partial charge in [0.15, 0.2) is 0 Å². The second-order valence-corrected chi connectivity index (χ2v) is 6.76. The Hall–Kier alpha value is -2.54. The second kappa shape index (κ2) is 8.43. The van der Waals surface area contributed by atoms with Crippen LogP contribution < -0.4 is 14.8 Å². The van der Waals surface area contributed by atoms with Gasteiger partial charge in [-0.25, -0.2) is 9.97 Å². The largest absolute Gasteiger partial charge is 0.495 e. The number of hydrogen-bond acceptors (Lipinski definition) is 6. The van der Waals surface area contributed by atoms with Gasteiger partial charge in [-0.15, -0.1) is 0 Å². The summed E-state index contributed by atoms with van der Waals surface area (Å²) in [5.41, 5.74) is 1.01. The summed E-state index contributed by atoms with van der Waals surface area (Å²) in [6, 6.07) is 5.05. The van der Waals surface area contributed by atoms with Gasteiger partial charge in [0.1, 0.15) is 28.8 Å². The van der Waals surface area contributed by atoms with E-state index in [9.17, 15) is 4.79 Å². The van der Waals surface area contributed by atoms with Gasteiger partial charge in [0.2, 0.25) is 0 Å². The lowest BCUT2D eigenvalue weighted by atomic mass is 10.1. The molecule has 3 rings (SSSR count). The molecule has 0 bridgehead atoms. The van der Waals surface area contributed by atoms with Crippen LogP contribution in [0.25, 0.3) is 0 Å². The lowest BCUT2D eigenvalue weighted by molar-refractivity contribution is 0.0718. The minimum absolute atomic E-state index is 0.0658. The molecular weight excluding hydrogens is 368 g/mol. The normalized spacial score (nSPS) is 14.0. The molecule has 1 aromatic carbocycles. The monoisotopic (exact) mass is 390 g/mol. The third-order valence-corrected chi connectivity index (χ3v) is 4.73. The van der Waals surface area contributed by atoms with Crippen molar-refractivity contribution in [1.82, 2.24) is 14.9 Å². The number of nitrogens with one attached hydrogen (secondary N) is 1. The highest BCUT2D eigenvalue weighted by atomic mass is 35.5. The molecule has 0 aliphatic carbocycles. The SMILES string of the molecule is COc1cc(Nc2cc(C(=O)N3CCCCC3)nc(C)n2)c(OC)cc1Cl. The second-order valence-electron chi connectivity index (χ2n) is 6.35. The number of ether oxygens (including phenoxy) is 2. The maximum atomic E-state index is 12.8. The molecule has 1 aromatic heterocycles. The van der Waals surface area contributed by atoms with Crippen molar-refractivity contribution in [2.75, 3.05) is 32.6 Å². The fourth-order valence-electron chi connectivity index (χ4n) is 3.10. The van der Waals surface area contributed by atoms with E-state index in [1.54, 1.807) is 39.3 Å². The highest BCUT2D eigenvalue weighted by Crippen LogP contribution is 2.37. The number of anilines is 2. The van der Waals surface area contributed by atoms with E-state index in [0.717, 1.165) is 32.4 Å². The van der Waals surface area contributed by atoms with Crippen molar-refractivity contribution in [1.29, 1.82) is 0 Å². The van der Waals surface area contributed by atoms with E-state index in [1.165, 1.54) is 0 Å². The molecule has 2 heterocycles. The first-order chi connectivity index (χ1) is 13.0. The number of benzene rings is 1. The summed E-state index contributed by atoms with van der Waals surface area (Å²) in [4.78, 5) is 23.3. The number of nitrogens with zero attached hydrogens (tertiary/aromatic N) is 3. The van der Waals surface area contributed by atoms with Gasteiger partial charge in [-0.2, -0.15) is 0 Å². The van der Waals surface area contributed by atoms with E-state index in [-0.39, 0.29) is 5.91 Å². The van der Waals surface area contributed by atoms with Crippen molar-refractivity contribution in [2.45, 2.75) is 26.2 Å². The van der Waals surface area contributed by atoms with Crippen LogP contribution in [-0.4, -0.2) is 48.1 Å². The summed E-state index contributed by atoms with van der Waals surface area (Å²) in [6.07, 6.45) is 3.23. The Balaban J connectivity index is 1.89. The minimum Gasteiger partial charge on any atom is -0.495 e. The zero-order valence-corrected chi connectivity index (χ0v) is 16.5. The number of hydrogen-bond donors (Lipinski definition) is 1. The van der Waals surface area contributed by atoms with Gasteiger partial charge in [0, 0.05) is 31.3 Å². The van der Waals surface area contributed by atoms with Crippen LogP contribution in [0.15, 0.2) is 18.2 Å². The van der Waals surface area contributed by atoms with Crippen LogP contribution in [0, 0.1) is 6.92 Å². The summed E-state index contributed by atoms with van der Waals surface area (Å²) >= 11 is 6.15. The maximum absolute atomic E-state index is 12.8. The van der Waals surface area contributed by atoms with Crippen LogP contribution in [0.1, 0.15) is 35.6 Å². The molecule has 8 heteroatoms. The molecule has 0 atom stereocenters. The average Bonchev–Trinajstić information content (AvgIpc) is 2.68. The number of piperidine rings is 1. The highest BCUT2D eigenvalue weighted by molar-refractivity contribution is 6.32. The zero-order valence-electron chi connectivity index (χ0n) is 15.7. The van der Waals surface area contributed by atoms with Gasteiger partial charge in [-0.1, -0.05) is 11.6 Å². The summed E-state index contributed by atoms with van der Waals surface area (Å²) in [6.45, 7) is 3.30. The Morgan fingerprint density at radius 2 is 1.78 bits per heavy atom. The molecule has 0 saturated carbocycles. The maximum Gasteiger partial charge on any atom is 0.272 e. The number of aromatic nitrogens is 2. The van der Waals surface area contributed by atoms with Gasteiger partial charge >= 0.3 is 0 Å². The number of halogens is 1. The Bertz CT molecular complexity index is 838. The molecule has 0 radical (unpaired) electrons. The predicted molar refractivity (Wildman–Crippen MR) is 104 cm³/mol. The Morgan fingerprint density at radius 1 is 1.07 bits per heavy atom. The molecule has 7 nitrogen and oxygen atoms in total. The molecule has 0 spiro atoms. The van der Waals surface area contributed by atoms with Gasteiger partial charge in [0.05, 0.1) is 24.9 Å². The molecule has 0 unspecified atom stereocenters. The van der Waals surface area contributed by atoms with Crippen molar-refractivity contribution in [2.24, 2.45) is 0 Å². The van der Waals surface area contributed by atoms with Gasteiger partial charge in [-0.3, -0.25) is 4.79 Å². The zero-order chi connectivity index (χ0) is 19.4. The Labute approximate surface area is 163 Å². The van der Waals surface area contributed by atoms with Crippen molar-refractivity contribution < 1.29 is 14.3 Å². The third-order valence-electron chi connectivity index (χ3n) is 4.44. The van der Waals surface area contributed by atoms with Crippen LogP contribution >= 0.6 is 11.6 Å². The number of aryl methyl sites for hydroxylation is 1. The van der Waals surface area contributed by atoms with E-state index >= 15 is 0 Å². The van der Waals surface area contributed by atoms with Crippen LogP contribution in [-0.2, 0) is 0 Å². The van der Waals surface area contributed by atoms with Crippen LogP contribution in [0.2, 0.25) is 5.02 Å². The topological polar surface area (TPSA) is 76.6 Å². The van der Waals surface area contributed by atoms with Crippen LogP contribution in [0.3, 0.4) is 0 Å². The van der Waals surface area contributed by atoms with E-state index in [2.05, 4.69) is 15.3 Å². The first-order valence-corrected chi connectivity index (χ1v) is 9.23. The molecule has 27 heavy (non-hydrogen) atoms.